The molecule has 0 atom stereocenters. The van der Waals surface area contributed by atoms with Gasteiger partial charge in [-0.2, -0.15) is 0 Å². The molecule has 0 heterocycles. The standard InChI is InChI=1S/4NO3.Tb/c4*2-1(3)4;/q4*-1;+4. The predicted octanol–water partition coefficient (Wildman–Crippen LogP) is -0.956. The van der Waals surface area contributed by atoms with E-state index in [0.717, 1.165) is 0 Å². The van der Waals surface area contributed by atoms with E-state index >= 15 is 0 Å². The van der Waals surface area contributed by atoms with E-state index in [2.05, 4.69) is 0 Å². The maximum atomic E-state index is 8.25. The van der Waals surface area contributed by atoms with E-state index in [-0.39, 0.29) is 38.6 Å². The SMILES string of the molecule is O=[N+]([O-])[O-].O=[N+]([O-])[O-].O=[N+]([O-])[O-].O=[N+]([O-])[O-].[Tb+4]. The normalized spacial score (nSPS) is 5.65. The summed E-state index contributed by atoms with van der Waals surface area (Å²) in [6.07, 6.45) is 0. The zero-order chi connectivity index (χ0) is 14.3. The Balaban J connectivity index is -0.0000000369. The third-order valence-electron chi connectivity index (χ3n) is 0. The average molecular weight is 407 g/mol. The van der Waals surface area contributed by atoms with Crippen LogP contribution in [-0.2, 0) is 0 Å². The van der Waals surface area contributed by atoms with Crippen molar-refractivity contribution in [2.45, 2.75) is 0 Å². The fraction of sp³-hybridized carbons (Fsp3) is 0. The predicted molar refractivity (Wildman–Crippen MR) is 41.4 cm³/mol. The molecule has 0 aliphatic heterocycles. The minimum absolute atomic E-state index is 0. The molecule has 0 aliphatic carbocycles. The maximum Gasteiger partial charge on any atom is 4.00 e. The van der Waals surface area contributed by atoms with Crippen LogP contribution in [0, 0.1) is 99.9 Å². The molecule has 0 fully saturated rings. The molecular formula is N4O12Tb. The van der Waals surface area contributed by atoms with Gasteiger partial charge in [-0.1, -0.05) is 0 Å². The second-order valence-electron chi connectivity index (χ2n) is 0.894. The second kappa shape index (κ2) is 23.7. The molecule has 0 aromatic heterocycles. The maximum absolute atomic E-state index is 8.25. The summed E-state index contributed by atoms with van der Waals surface area (Å²) < 4.78 is 0. The van der Waals surface area contributed by atoms with Gasteiger partial charge in [0.15, 0.2) is 0 Å². The van der Waals surface area contributed by atoms with Crippen LogP contribution in [0.15, 0.2) is 0 Å². The Morgan fingerprint density at radius 2 is 0.412 bits per heavy atom. The van der Waals surface area contributed by atoms with Crippen LogP contribution in [0.1, 0.15) is 0 Å². The monoisotopic (exact) mass is 407 g/mol. The summed E-state index contributed by atoms with van der Waals surface area (Å²) in [6, 6.07) is 0. The second-order valence-corrected chi connectivity index (χ2v) is 0.894. The first kappa shape index (κ1) is 29.4. The van der Waals surface area contributed by atoms with Crippen molar-refractivity contribution in [3.63, 3.8) is 0 Å². The number of hydrogen-bond donors (Lipinski definition) is 0. The van der Waals surface area contributed by atoms with E-state index in [1.165, 1.54) is 0 Å². The van der Waals surface area contributed by atoms with E-state index in [4.69, 9.17) is 61.3 Å². The Morgan fingerprint density at radius 3 is 0.412 bits per heavy atom. The number of rotatable bonds is 0. The van der Waals surface area contributed by atoms with Crippen LogP contribution in [0.4, 0.5) is 0 Å². The van der Waals surface area contributed by atoms with Gasteiger partial charge in [-0.15, -0.1) is 0 Å². The van der Waals surface area contributed by atoms with Crippen molar-refractivity contribution in [3.8, 4) is 0 Å². The summed E-state index contributed by atoms with van der Waals surface area (Å²) in [7, 11) is 0. The van der Waals surface area contributed by atoms with E-state index < -0.39 is 20.3 Å². The molecule has 0 unspecified atom stereocenters. The third kappa shape index (κ3) is 561. The minimum atomic E-state index is -1.75. The molecule has 0 N–H and O–H groups in total. The quantitative estimate of drug-likeness (QED) is 0.347. The molecular weight excluding hydrogens is 407 g/mol. The summed E-state index contributed by atoms with van der Waals surface area (Å²) in [4.78, 5) is 33.0. The Hall–Kier alpha value is -1.91. The van der Waals surface area contributed by atoms with Crippen molar-refractivity contribution in [1.82, 2.24) is 0 Å². The first-order valence-electron chi connectivity index (χ1n) is 2.19. The van der Waals surface area contributed by atoms with Gasteiger partial charge < -0.3 is 61.3 Å². The van der Waals surface area contributed by atoms with E-state index in [1.807, 2.05) is 0 Å². The minimum Gasteiger partial charge on any atom is -0.356 e. The van der Waals surface area contributed by atoms with Crippen LogP contribution in [0.25, 0.3) is 0 Å². The molecule has 0 aromatic carbocycles. The average Bonchev–Trinajstić information content (AvgIpc) is 1.76. The van der Waals surface area contributed by atoms with Crippen molar-refractivity contribution in [2.24, 2.45) is 0 Å². The molecule has 17 heavy (non-hydrogen) atoms. The summed E-state index contributed by atoms with van der Waals surface area (Å²) in [6.45, 7) is 0. The zero-order valence-electron chi connectivity index (χ0n) is 7.02. The summed E-state index contributed by atoms with van der Waals surface area (Å²) in [5.74, 6) is 0. The van der Waals surface area contributed by atoms with Gasteiger partial charge in [0.25, 0.3) is 0 Å². The van der Waals surface area contributed by atoms with Gasteiger partial charge in [-0.3, -0.25) is 0 Å². The molecule has 0 saturated heterocycles. The van der Waals surface area contributed by atoms with Crippen molar-refractivity contribution in [2.75, 3.05) is 0 Å². The molecule has 0 spiro atoms. The van der Waals surface area contributed by atoms with Gasteiger partial charge in [-0.05, 0) is 0 Å². The van der Waals surface area contributed by atoms with Crippen LogP contribution >= 0.6 is 0 Å². The first-order valence-corrected chi connectivity index (χ1v) is 2.19. The Morgan fingerprint density at radius 1 is 0.412 bits per heavy atom. The third-order valence-corrected chi connectivity index (χ3v) is 0. The number of hydrogen-bond acceptors (Lipinski definition) is 12. The van der Waals surface area contributed by atoms with Crippen molar-refractivity contribution in [3.05, 3.63) is 61.3 Å². The summed E-state index contributed by atoms with van der Waals surface area (Å²) >= 11 is 0. The van der Waals surface area contributed by atoms with E-state index in [9.17, 15) is 0 Å². The summed E-state index contributed by atoms with van der Waals surface area (Å²) in [5, 5.41) is 59.0. The molecule has 101 valence electrons. The first-order chi connectivity index (χ1) is 6.93. The molecule has 1 radical (unpaired) electrons. The van der Waals surface area contributed by atoms with Gasteiger partial charge in [0.2, 0.25) is 0 Å². The molecule has 16 nitrogen and oxygen atoms in total. The summed E-state index contributed by atoms with van der Waals surface area (Å²) in [5.41, 5.74) is 0. The van der Waals surface area contributed by atoms with Gasteiger partial charge in [-0.25, -0.2) is 0 Å². The molecule has 17 heteroatoms. The van der Waals surface area contributed by atoms with Crippen LogP contribution in [0.3, 0.4) is 0 Å². The number of nitrogens with zero attached hydrogens (tertiary/aromatic N) is 4. The molecule has 0 amide bonds. The largest absolute Gasteiger partial charge is 4.00 e. The van der Waals surface area contributed by atoms with Crippen LogP contribution in [0.5, 0.6) is 0 Å². The fourth-order valence-electron chi connectivity index (χ4n) is 0. The van der Waals surface area contributed by atoms with E-state index in [0.29, 0.717) is 0 Å². The van der Waals surface area contributed by atoms with Crippen LogP contribution < -0.4 is 0 Å². The Labute approximate surface area is 120 Å². The van der Waals surface area contributed by atoms with Crippen molar-refractivity contribution in [1.29, 1.82) is 0 Å². The smallest absolute Gasteiger partial charge is 0.356 e. The van der Waals surface area contributed by atoms with Gasteiger partial charge >= 0.3 is 38.6 Å². The van der Waals surface area contributed by atoms with E-state index in [1.54, 1.807) is 0 Å². The molecule has 0 rings (SSSR count). The van der Waals surface area contributed by atoms with Gasteiger partial charge in [0.1, 0.15) is 0 Å². The molecule has 0 bridgehead atoms. The zero-order valence-corrected chi connectivity index (χ0v) is 9.16. The fourth-order valence-corrected chi connectivity index (χ4v) is 0. The Bertz CT molecular complexity index is 159. The molecule has 0 aliphatic rings. The van der Waals surface area contributed by atoms with Gasteiger partial charge in [0, 0.05) is 0 Å². The van der Waals surface area contributed by atoms with Crippen LogP contribution in [-0.4, -0.2) is 20.3 Å². The topological polar surface area (TPSA) is 265 Å². The molecule has 0 saturated carbocycles. The van der Waals surface area contributed by atoms with Crippen molar-refractivity contribution >= 4 is 0 Å². The molecule has 0 aromatic rings. The van der Waals surface area contributed by atoms with Crippen molar-refractivity contribution < 1.29 is 59.0 Å². The Kier molecular flexibility index (Phi) is 41.0. The van der Waals surface area contributed by atoms with Crippen LogP contribution in [0.2, 0.25) is 0 Å². The van der Waals surface area contributed by atoms with Gasteiger partial charge in [0.05, 0.1) is 20.3 Å².